The van der Waals surface area contributed by atoms with Crippen LogP contribution in [0.25, 0.3) is 0 Å². The fourth-order valence-corrected chi connectivity index (χ4v) is 1.98. The largest absolute Gasteiger partial charge is 0.316 e. The third kappa shape index (κ3) is 5.35. The zero-order valence-electron chi connectivity index (χ0n) is 12.0. The van der Waals surface area contributed by atoms with E-state index in [1.54, 1.807) is 0 Å². The highest BCUT2D eigenvalue weighted by Crippen LogP contribution is 2.20. The lowest BCUT2D eigenvalue weighted by Gasteiger charge is -2.25. The molecule has 1 heterocycles. The van der Waals surface area contributed by atoms with Crippen LogP contribution in [0.3, 0.4) is 0 Å². The van der Waals surface area contributed by atoms with E-state index in [-0.39, 0.29) is 5.41 Å². The van der Waals surface area contributed by atoms with Crippen molar-refractivity contribution in [3.8, 4) is 0 Å². The van der Waals surface area contributed by atoms with Crippen LogP contribution in [0, 0.1) is 11.3 Å². The molecule has 17 heavy (non-hydrogen) atoms. The highest BCUT2D eigenvalue weighted by atomic mass is 15.3. The molecule has 0 saturated carbocycles. The Morgan fingerprint density at radius 3 is 2.65 bits per heavy atom. The van der Waals surface area contributed by atoms with Crippen molar-refractivity contribution in [2.45, 2.75) is 47.6 Å². The van der Waals surface area contributed by atoms with Gasteiger partial charge in [-0.05, 0) is 36.8 Å². The van der Waals surface area contributed by atoms with E-state index in [1.807, 2.05) is 10.9 Å². The Labute approximate surface area is 106 Å². The zero-order valence-corrected chi connectivity index (χ0v) is 12.0. The molecule has 1 aromatic rings. The molecule has 0 aliphatic carbocycles. The van der Waals surface area contributed by atoms with Gasteiger partial charge in [-0.1, -0.05) is 27.7 Å². The normalized spacial score (nSPS) is 12.4. The van der Waals surface area contributed by atoms with Crippen LogP contribution < -0.4 is 5.32 Å². The first kappa shape index (κ1) is 14.2. The van der Waals surface area contributed by atoms with Gasteiger partial charge in [0.1, 0.15) is 0 Å². The van der Waals surface area contributed by atoms with E-state index in [4.69, 9.17) is 0 Å². The minimum absolute atomic E-state index is 0.288. The summed E-state index contributed by atoms with van der Waals surface area (Å²) in [6.07, 6.45) is 5.23. The molecule has 3 nitrogen and oxygen atoms in total. The molecule has 0 amide bonds. The maximum absolute atomic E-state index is 4.32. The lowest BCUT2D eigenvalue weighted by atomic mass is 9.86. The van der Waals surface area contributed by atoms with Crippen LogP contribution in [0.4, 0.5) is 0 Å². The van der Waals surface area contributed by atoms with Crippen LogP contribution >= 0.6 is 0 Å². The highest BCUT2D eigenvalue weighted by molar-refractivity contribution is 5.06. The predicted molar refractivity (Wildman–Crippen MR) is 73.1 cm³/mol. The number of rotatable bonds is 7. The molecule has 1 rings (SSSR count). The summed E-state index contributed by atoms with van der Waals surface area (Å²) < 4.78 is 1.99. The molecule has 1 aromatic heterocycles. The van der Waals surface area contributed by atoms with Gasteiger partial charge in [0.05, 0.1) is 6.20 Å². The molecular weight excluding hydrogens is 210 g/mol. The molecule has 1 N–H and O–H groups in total. The summed E-state index contributed by atoms with van der Waals surface area (Å²) in [5.41, 5.74) is 1.62. The van der Waals surface area contributed by atoms with Gasteiger partial charge in [-0.15, -0.1) is 0 Å². The van der Waals surface area contributed by atoms with Crippen molar-refractivity contribution < 1.29 is 0 Å². The number of hydrogen-bond donors (Lipinski definition) is 1. The second kappa shape index (κ2) is 6.20. The van der Waals surface area contributed by atoms with Crippen molar-refractivity contribution in [3.05, 3.63) is 18.0 Å². The minimum atomic E-state index is 0.288. The van der Waals surface area contributed by atoms with E-state index in [0.717, 1.165) is 26.1 Å². The smallest absolute Gasteiger partial charge is 0.0521 e. The average Bonchev–Trinajstić information content (AvgIpc) is 2.63. The molecule has 0 unspecified atom stereocenters. The SMILES string of the molecule is CCn1cc(CC(C)(C)CNCC(C)C)cn1. The number of nitrogens with zero attached hydrogens (tertiary/aromatic N) is 2. The summed E-state index contributed by atoms with van der Waals surface area (Å²) in [5.74, 6) is 0.716. The quantitative estimate of drug-likeness (QED) is 0.790. The fraction of sp³-hybridized carbons (Fsp3) is 0.786. The molecule has 0 fully saturated rings. The van der Waals surface area contributed by atoms with Crippen LogP contribution in [0.2, 0.25) is 0 Å². The first-order chi connectivity index (χ1) is 7.93. The maximum Gasteiger partial charge on any atom is 0.0521 e. The van der Waals surface area contributed by atoms with Crippen LogP contribution in [0.15, 0.2) is 12.4 Å². The lowest BCUT2D eigenvalue weighted by molar-refractivity contribution is 0.330. The number of aromatic nitrogens is 2. The van der Waals surface area contributed by atoms with E-state index in [0.29, 0.717) is 5.92 Å². The van der Waals surface area contributed by atoms with Gasteiger partial charge in [0.25, 0.3) is 0 Å². The summed E-state index contributed by atoms with van der Waals surface area (Å²) >= 11 is 0. The molecule has 0 aliphatic rings. The molecule has 0 aromatic carbocycles. The van der Waals surface area contributed by atoms with Gasteiger partial charge in [0.15, 0.2) is 0 Å². The maximum atomic E-state index is 4.32. The Morgan fingerprint density at radius 2 is 2.12 bits per heavy atom. The summed E-state index contributed by atoms with van der Waals surface area (Å²) in [4.78, 5) is 0. The summed E-state index contributed by atoms with van der Waals surface area (Å²) in [6, 6.07) is 0. The summed E-state index contributed by atoms with van der Waals surface area (Å²) in [7, 11) is 0. The van der Waals surface area contributed by atoms with Crippen molar-refractivity contribution in [2.75, 3.05) is 13.1 Å². The molecule has 0 saturated heterocycles. The summed E-state index contributed by atoms with van der Waals surface area (Å²) in [5, 5.41) is 7.86. The van der Waals surface area contributed by atoms with Gasteiger partial charge in [-0.3, -0.25) is 4.68 Å². The highest BCUT2D eigenvalue weighted by Gasteiger charge is 2.19. The van der Waals surface area contributed by atoms with Crippen LogP contribution in [0.1, 0.15) is 40.2 Å². The number of aryl methyl sites for hydroxylation is 1. The lowest BCUT2D eigenvalue weighted by Crippen LogP contribution is -2.33. The Balaban J connectivity index is 2.42. The van der Waals surface area contributed by atoms with E-state index in [1.165, 1.54) is 5.56 Å². The van der Waals surface area contributed by atoms with Gasteiger partial charge in [-0.25, -0.2) is 0 Å². The third-order valence-corrected chi connectivity index (χ3v) is 2.85. The number of nitrogens with one attached hydrogen (secondary N) is 1. The van der Waals surface area contributed by atoms with E-state index >= 15 is 0 Å². The first-order valence-corrected chi connectivity index (χ1v) is 6.65. The molecular formula is C14H27N3. The second-order valence-corrected chi connectivity index (χ2v) is 6.07. The monoisotopic (exact) mass is 237 g/mol. The van der Waals surface area contributed by atoms with E-state index in [2.05, 4.69) is 51.2 Å². The standard InChI is InChI=1S/C14H27N3/c1-6-17-10-13(9-16-17)7-14(4,5)11-15-8-12(2)3/h9-10,12,15H,6-8,11H2,1-5H3. The van der Waals surface area contributed by atoms with Gasteiger partial charge in [-0.2, -0.15) is 5.10 Å². The predicted octanol–water partition coefficient (Wildman–Crippen LogP) is 2.72. The Morgan fingerprint density at radius 1 is 1.41 bits per heavy atom. The minimum Gasteiger partial charge on any atom is -0.316 e. The van der Waals surface area contributed by atoms with E-state index in [9.17, 15) is 0 Å². The summed E-state index contributed by atoms with van der Waals surface area (Å²) in [6.45, 7) is 14.3. The molecule has 0 radical (unpaired) electrons. The Bertz CT molecular complexity index is 326. The molecule has 3 heteroatoms. The Kier molecular flexibility index (Phi) is 5.19. The fourth-order valence-electron chi connectivity index (χ4n) is 1.98. The average molecular weight is 237 g/mol. The molecule has 0 spiro atoms. The van der Waals surface area contributed by atoms with Gasteiger partial charge in [0, 0.05) is 19.3 Å². The topological polar surface area (TPSA) is 29.9 Å². The van der Waals surface area contributed by atoms with Gasteiger partial charge >= 0.3 is 0 Å². The van der Waals surface area contributed by atoms with Crippen molar-refractivity contribution in [1.82, 2.24) is 15.1 Å². The Hall–Kier alpha value is -0.830. The van der Waals surface area contributed by atoms with Crippen molar-refractivity contribution in [1.29, 1.82) is 0 Å². The molecule has 0 atom stereocenters. The first-order valence-electron chi connectivity index (χ1n) is 6.65. The van der Waals surface area contributed by atoms with Gasteiger partial charge in [0.2, 0.25) is 0 Å². The van der Waals surface area contributed by atoms with Crippen molar-refractivity contribution in [3.63, 3.8) is 0 Å². The molecule has 98 valence electrons. The van der Waals surface area contributed by atoms with Crippen LogP contribution in [0.5, 0.6) is 0 Å². The second-order valence-electron chi connectivity index (χ2n) is 6.07. The van der Waals surface area contributed by atoms with Crippen molar-refractivity contribution in [2.24, 2.45) is 11.3 Å². The third-order valence-electron chi connectivity index (χ3n) is 2.85. The van der Waals surface area contributed by atoms with Crippen LogP contribution in [-0.2, 0) is 13.0 Å². The van der Waals surface area contributed by atoms with Crippen LogP contribution in [-0.4, -0.2) is 22.9 Å². The van der Waals surface area contributed by atoms with Gasteiger partial charge < -0.3 is 5.32 Å². The zero-order chi connectivity index (χ0) is 12.9. The molecule has 0 bridgehead atoms. The molecule has 0 aliphatic heterocycles. The number of hydrogen-bond acceptors (Lipinski definition) is 2. The van der Waals surface area contributed by atoms with E-state index < -0.39 is 0 Å². The van der Waals surface area contributed by atoms with Crippen molar-refractivity contribution >= 4 is 0 Å².